The normalized spacial score (nSPS) is 12.7. The Bertz CT molecular complexity index is 334. The van der Waals surface area contributed by atoms with Crippen LogP contribution in [0.1, 0.15) is 39.2 Å². The van der Waals surface area contributed by atoms with E-state index in [-0.39, 0.29) is 0 Å². The fourth-order valence-corrected chi connectivity index (χ4v) is 3.91. The van der Waals surface area contributed by atoms with Crippen molar-refractivity contribution >= 4 is 31.9 Å². The number of benzene rings is 1. The second-order valence-corrected chi connectivity index (χ2v) is 7.61. The Hall–Kier alpha value is 0.180. The topological polar surface area (TPSA) is 0 Å². The summed E-state index contributed by atoms with van der Waals surface area (Å²) in [7, 11) is 0. The van der Waals surface area contributed by atoms with Gasteiger partial charge in [0.2, 0.25) is 0 Å². The fourth-order valence-electron chi connectivity index (χ4n) is 2.02. The van der Waals surface area contributed by atoms with Crippen LogP contribution < -0.4 is 0 Å². The summed E-state index contributed by atoms with van der Waals surface area (Å²) in [5.74, 6) is 0. The predicted octanol–water partition coefficient (Wildman–Crippen LogP) is 5.83. The average Bonchev–Trinajstić information content (AvgIpc) is 2.35. The number of hydrogen-bond acceptors (Lipinski definition) is 0. The van der Waals surface area contributed by atoms with E-state index in [1.165, 1.54) is 18.4 Å². The lowest BCUT2D eigenvalue weighted by molar-refractivity contribution is 0.266. The Labute approximate surface area is 129 Å². The third-order valence-electron chi connectivity index (χ3n) is 3.39. The molecule has 0 radical (unpaired) electrons. The van der Waals surface area contributed by atoms with Crippen molar-refractivity contribution in [2.75, 3.05) is 10.7 Å². The van der Waals surface area contributed by atoms with Crippen LogP contribution in [0.25, 0.3) is 0 Å². The molecule has 0 saturated heterocycles. The molecule has 0 aliphatic carbocycles. The van der Waals surface area contributed by atoms with E-state index in [1.54, 1.807) is 0 Å². The van der Waals surface area contributed by atoms with Gasteiger partial charge < -0.3 is 0 Å². The summed E-state index contributed by atoms with van der Waals surface area (Å²) >= 11 is 7.46. The zero-order chi connectivity index (χ0) is 13.6. The van der Waals surface area contributed by atoms with Crippen LogP contribution in [0.15, 0.2) is 30.3 Å². The highest BCUT2D eigenvalue weighted by molar-refractivity contribution is 9.09. The largest absolute Gasteiger partial charge is 0.0922 e. The molecule has 1 rings (SSSR count). The van der Waals surface area contributed by atoms with Gasteiger partial charge in [0, 0.05) is 10.7 Å². The van der Waals surface area contributed by atoms with Gasteiger partial charge in [0.25, 0.3) is 0 Å². The van der Waals surface area contributed by atoms with E-state index in [4.69, 9.17) is 0 Å². The van der Waals surface area contributed by atoms with Crippen molar-refractivity contribution in [1.29, 1.82) is 0 Å². The average molecular weight is 376 g/mol. The van der Waals surface area contributed by atoms with Gasteiger partial charge in [0.1, 0.15) is 0 Å². The SMILES string of the molecule is CC(C)(C)CCC(CBr)(CBr)Cc1ccccc1. The van der Waals surface area contributed by atoms with Crippen molar-refractivity contribution in [3.63, 3.8) is 0 Å². The molecule has 1 aromatic carbocycles. The molecule has 0 amide bonds. The summed E-state index contributed by atoms with van der Waals surface area (Å²) in [6.45, 7) is 6.97. The van der Waals surface area contributed by atoms with Gasteiger partial charge in [-0.1, -0.05) is 83.0 Å². The highest BCUT2D eigenvalue weighted by atomic mass is 79.9. The molecule has 0 nitrogen and oxygen atoms in total. The van der Waals surface area contributed by atoms with Crippen molar-refractivity contribution in [3.05, 3.63) is 35.9 Å². The molecule has 0 aromatic heterocycles. The third kappa shape index (κ3) is 5.44. The molecule has 0 atom stereocenters. The molecule has 0 heterocycles. The minimum Gasteiger partial charge on any atom is -0.0922 e. The summed E-state index contributed by atoms with van der Waals surface area (Å²) in [4.78, 5) is 0. The molecule has 0 saturated carbocycles. The summed E-state index contributed by atoms with van der Waals surface area (Å²) < 4.78 is 0. The minimum absolute atomic E-state index is 0.328. The Morgan fingerprint density at radius 3 is 1.89 bits per heavy atom. The number of hydrogen-bond donors (Lipinski definition) is 0. The van der Waals surface area contributed by atoms with Gasteiger partial charge in [-0.25, -0.2) is 0 Å². The fraction of sp³-hybridized carbons (Fsp3) is 0.625. The second-order valence-electron chi connectivity index (χ2n) is 6.49. The quantitative estimate of drug-likeness (QED) is 0.548. The smallest absolute Gasteiger partial charge is 0.00991 e. The zero-order valence-electron chi connectivity index (χ0n) is 11.7. The molecule has 0 aliphatic heterocycles. The number of halogens is 2. The lowest BCUT2D eigenvalue weighted by atomic mass is 9.76. The molecule has 0 bridgehead atoms. The van der Waals surface area contributed by atoms with Gasteiger partial charge in [0.05, 0.1) is 0 Å². The van der Waals surface area contributed by atoms with E-state index in [9.17, 15) is 0 Å². The van der Waals surface area contributed by atoms with E-state index in [2.05, 4.69) is 83.0 Å². The van der Waals surface area contributed by atoms with Gasteiger partial charge in [-0.15, -0.1) is 0 Å². The molecular weight excluding hydrogens is 352 g/mol. The summed E-state index contributed by atoms with van der Waals surface area (Å²) in [5.41, 5.74) is 2.17. The summed E-state index contributed by atoms with van der Waals surface area (Å²) in [6.07, 6.45) is 3.65. The van der Waals surface area contributed by atoms with Crippen LogP contribution >= 0.6 is 31.9 Å². The lowest BCUT2D eigenvalue weighted by Crippen LogP contribution is -2.29. The van der Waals surface area contributed by atoms with Crippen molar-refractivity contribution < 1.29 is 0 Å². The second kappa shape index (κ2) is 7.09. The summed E-state index contributed by atoms with van der Waals surface area (Å²) in [6, 6.07) is 10.8. The minimum atomic E-state index is 0.328. The maximum Gasteiger partial charge on any atom is 0.00991 e. The first-order valence-electron chi connectivity index (χ1n) is 6.57. The van der Waals surface area contributed by atoms with E-state index < -0.39 is 0 Å². The first-order valence-corrected chi connectivity index (χ1v) is 8.81. The predicted molar refractivity (Wildman–Crippen MR) is 88.9 cm³/mol. The molecule has 0 aliphatic rings. The molecule has 0 N–H and O–H groups in total. The highest BCUT2D eigenvalue weighted by Crippen LogP contribution is 2.37. The van der Waals surface area contributed by atoms with Crippen LogP contribution in [0.3, 0.4) is 0 Å². The van der Waals surface area contributed by atoms with E-state index in [0.717, 1.165) is 17.1 Å². The maximum atomic E-state index is 3.73. The van der Waals surface area contributed by atoms with Gasteiger partial charge in [-0.3, -0.25) is 0 Å². The standard InChI is InChI=1S/C16H24Br2/c1-15(2,3)9-10-16(12-17,13-18)11-14-7-5-4-6-8-14/h4-8H,9-13H2,1-3H3. The van der Waals surface area contributed by atoms with Crippen LogP contribution in [-0.2, 0) is 6.42 Å². The van der Waals surface area contributed by atoms with E-state index in [1.807, 2.05) is 0 Å². The van der Waals surface area contributed by atoms with Crippen LogP contribution in [0.5, 0.6) is 0 Å². The van der Waals surface area contributed by atoms with Gasteiger partial charge in [-0.05, 0) is 35.7 Å². The van der Waals surface area contributed by atoms with Crippen molar-refractivity contribution in [2.24, 2.45) is 10.8 Å². The molecule has 18 heavy (non-hydrogen) atoms. The van der Waals surface area contributed by atoms with E-state index >= 15 is 0 Å². The Morgan fingerprint density at radius 2 is 1.44 bits per heavy atom. The first kappa shape index (κ1) is 16.2. The Morgan fingerprint density at radius 1 is 0.889 bits per heavy atom. The van der Waals surface area contributed by atoms with Crippen molar-refractivity contribution in [2.45, 2.75) is 40.0 Å². The molecule has 0 unspecified atom stereocenters. The summed E-state index contributed by atoms with van der Waals surface area (Å²) in [5, 5.41) is 2.10. The highest BCUT2D eigenvalue weighted by Gasteiger charge is 2.29. The van der Waals surface area contributed by atoms with Crippen molar-refractivity contribution in [1.82, 2.24) is 0 Å². The molecule has 102 valence electrons. The molecule has 1 aromatic rings. The van der Waals surface area contributed by atoms with Crippen LogP contribution in [-0.4, -0.2) is 10.7 Å². The number of rotatable bonds is 6. The van der Waals surface area contributed by atoms with Crippen molar-refractivity contribution in [3.8, 4) is 0 Å². The molecule has 0 fully saturated rings. The van der Waals surface area contributed by atoms with E-state index in [0.29, 0.717) is 10.8 Å². The maximum absolute atomic E-state index is 3.73. The number of alkyl halides is 2. The Balaban J connectivity index is 2.74. The molecular formula is C16H24Br2. The lowest BCUT2D eigenvalue weighted by Gasteiger charge is -2.33. The third-order valence-corrected chi connectivity index (χ3v) is 5.77. The zero-order valence-corrected chi connectivity index (χ0v) is 14.9. The van der Waals surface area contributed by atoms with Gasteiger partial charge in [0.15, 0.2) is 0 Å². The van der Waals surface area contributed by atoms with Crippen LogP contribution in [0, 0.1) is 10.8 Å². The Kier molecular flexibility index (Phi) is 6.40. The molecule has 0 spiro atoms. The van der Waals surface area contributed by atoms with Gasteiger partial charge in [-0.2, -0.15) is 0 Å². The molecule has 2 heteroatoms. The monoisotopic (exact) mass is 374 g/mol. The van der Waals surface area contributed by atoms with Crippen LogP contribution in [0.2, 0.25) is 0 Å². The van der Waals surface area contributed by atoms with Crippen LogP contribution in [0.4, 0.5) is 0 Å². The van der Waals surface area contributed by atoms with Gasteiger partial charge >= 0.3 is 0 Å². The first-order chi connectivity index (χ1) is 8.41.